The normalized spacial score (nSPS) is 27.5. The van der Waals surface area contributed by atoms with E-state index in [1.54, 1.807) is 12.1 Å². The van der Waals surface area contributed by atoms with E-state index in [1.807, 2.05) is 13.0 Å². The maximum atomic E-state index is 13.1. The van der Waals surface area contributed by atoms with Gasteiger partial charge in [-0.25, -0.2) is 4.39 Å². The molecule has 0 unspecified atom stereocenters. The average molecular weight is 263 g/mol. The molecule has 1 aromatic carbocycles. The van der Waals surface area contributed by atoms with Crippen LogP contribution in [-0.2, 0) is 6.42 Å². The van der Waals surface area contributed by atoms with Crippen LogP contribution in [0.1, 0.15) is 56.6 Å². The molecule has 0 saturated heterocycles. The van der Waals surface area contributed by atoms with Crippen molar-refractivity contribution in [3.8, 4) is 0 Å². The fourth-order valence-electron chi connectivity index (χ4n) is 3.36. The van der Waals surface area contributed by atoms with Gasteiger partial charge < -0.3 is 5.73 Å². The Bertz CT molecular complexity index is 419. The Balaban J connectivity index is 1.99. The maximum absolute atomic E-state index is 13.1. The highest BCUT2D eigenvalue weighted by Gasteiger charge is 2.31. The number of hydrogen-bond acceptors (Lipinski definition) is 1. The van der Waals surface area contributed by atoms with Crippen LogP contribution in [0.3, 0.4) is 0 Å². The molecule has 1 aliphatic carbocycles. The third-order valence-corrected chi connectivity index (χ3v) is 4.65. The van der Waals surface area contributed by atoms with Gasteiger partial charge in [0.25, 0.3) is 0 Å². The van der Waals surface area contributed by atoms with Crippen molar-refractivity contribution in [2.24, 2.45) is 11.7 Å². The molecule has 2 heteroatoms. The van der Waals surface area contributed by atoms with Crippen LogP contribution in [0.4, 0.5) is 4.39 Å². The Morgan fingerprint density at radius 2 is 2.00 bits per heavy atom. The number of aryl methyl sites for hydroxylation is 1. The lowest BCUT2D eigenvalue weighted by Crippen LogP contribution is -2.45. The van der Waals surface area contributed by atoms with Gasteiger partial charge in [-0.3, -0.25) is 0 Å². The van der Waals surface area contributed by atoms with Crippen LogP contribution in [-0.4, -0.2) is 5.54 Å². The van der Waals surface area contributed by atoms with E-state index in [-0.39, 0.29) is 11.4 Å². The second-order valence-electron chi connectivity index (χ2n) is 6.34. The van der Waals surface area contributed by atoms with Gasteiger partial charge in [0.15, 0.2) is 0 Å². The Kier molecular flexibility index (Phi) is 4.62. The molecule has 1 saturated carbocycles. The summed E-state index contributed by atoms with van der Waals surface area (Å²) in [5.41, 5.74) is 8.72. The number of nitrogens with two attached hydrogens (primary N) is 1. The third kappa shape index (κ3) is 3.79. The Hall–Kier alpha value is -0.890. The molecule has 0 bridgehead atoms. The average Bonchev–Trinajstić information content (AvgIpc) is 2.36. The minimum absolute atomic E-state index is 0.0766. The fraction of sp³-hybridized carbons (Fsp3) is 0.647. The van der Waals surface area contributed by atoms with Gasteiger partial charge in [-0.05, 0) is 68.2 Å². The summed E-state index contributed by atoms with van der Waals surface area (Å²) < 4.78 is 13.1. The molecule has 2 N–H and O–H groups in total. The summed E-state index contributed by atoms with van der Waals surface area (Å²) >= 11 is 0. The number of halogens is 1. The van der Waals surface area contributed by atoms with Crippen LogP contribution in [0.25, 0.3) is 0 Å². The summed E-state index contributed by atoms with van der Waals surface area (Å²) in [7, 11) is 0. The molecule has 1 fully saturated rings. The molecule has 0 atom stereocenters. The molecular weight excluding hydrogens is 237 g/mol. The molecule has 1 aromatic rings. The molecule has 0 spiro atoms. The monoisotopic (exact) mass is 263 g/mol. The zero-order valence-corrected chi connectivity index (χ0v) is 12.2. The number of rotatable bonds is 4. The molecule has 1 aliphatic rings. The van der Waals surface area contributed by atoms with Crippen molar-refractivity contribution in [2.75, 3.05) is 0 Å². The SMILES string of the molecule is CCCC1CCC(N)(Cc2ccc(F)cc2C)CC1. The second-order valence-corrected chi connectivity index (χ2v) is 6.34. The highest BCUT2D eigenvalue weighted by molar-refractivity contribution is 5.28. The van der Waals surface area contributed by atoms with Gasteiger partial charge in [-0.2, -0.15) is 0 Å². The molecular formula is C17H26FN. The molecule has 2 rings (SSSR count). The van der Waals surface area contributed by atoms with Crippen LogP contribution >= 0.6 is 0 Å². The van der Waals surface area contributed by atoms with Crippen molar-refractivity contribution in [3.63, 3.8) is 0 Å². The molecule has 0 heterocycles. The van der Waals surface area contributed by atoms with E-state index in [9.17, 15) is 4.39 Å². The van der Waals surface area contributed by atoms with Crippen molar-refractivity contribution in [1.29, 1.82) is 0 Å². The Morgan fingerprint density at radius 3 is 2.58 bits per heavy atom. The van der Waals surface area contributed by atoms with E-state index in [0.29, 0.717) is 0 Å². The van der Waals surface area contributed by atoms with Gasteiger partial charge in [-0.15, -0.1) is 0 Å². The third-order valence-electron chi connectivity index (χ3n) is 4.65. The first-order valence-corrected chi connectivity index (χ1v) is 7.56. The topological polar surface area (TPSA) is 26.0 Å². The summed E-state index contributed by atoms with van der Waals surface area (Å²) in [5, 5.41) is 0. The summed E-state index contributed by atoms with van der Waals surface area (Å²) in [4.78, 5) is 0. The van der Waals surface area contributed by atoms with Crippen molar-refractivity contribution in [3.05, 3.63) is 35.1 Å². The molecule has 1 nitrogen and oxygen atoms in total. The molecule has 0 aromatic heterocycles. The van der Waals surface area contributed by atoms with Gasteiger partial charge >= 0.3 is 0 Å². The number of benzene rings is 1. The van der Waals surface area contributed by atoms with Gasteiger partial charge in [0.2, 0.25) is 0 Å². The predicted octanol–water partition coefficient (Wildman–Crippen LogP) is 4.36. The predicted molar refractivity (Wildman–Crippen MR) is 78.6 cm³/mol. The van der Waals surface area contributed by atoms with E-state index in [0.717, 1.165) is 30.7 Å². The summed E-state index contributed by atoms with van der Waals surface area (Å²) in [6.45, 7) is 4.23. The van der Waals surface area contributed by atoms with Crippen LogP contribution in [0.2, 0.25) is 0 Å². The molecule has 106 valence electrons. The zero-order valence-electron chi connectivity index (χ0n) is 12.2. The van der Waals surface area contributed by atoms with E-state index in [4.69, 9.17) is 5.73 Å². The zero-order chi connectivity index (χ0) is 13.9. The van der Waals surface area contributed by atoms with Gasteiger partial charge in [0, 0.05) is 5.54 Å². The van der Waals surface area contributed by atoms with Crippen LogP contribution in [0.5, 0.6) is 0 Å². The molecule has 0 aliphatic heterocycles. The lowest BCUT2D eigenvalue weighted by atomic mass is 9.72. The Labute approximate surface area is 116 Å². The van der Waals surface area contributed by atoms with Crippen molar-refractivity contribution < 1.29 is 4.39 Å². The van der Waals surface area contributed by atoms with Gasteiger partial charge in [-0.1, -0.05) is 25.8 Å². The lowest BCUT2D eigenvalue weighted by molar-refractivity contribution is 0.223. The fourth-order valence-corrected chi connectivity index (χ4v) is 3.36. The van der Waals surface area contributed by atoms with E-state index < -0.39 is 0 Å². The standard InChI is InChI=1S/C17H26FN/c1-3-4-14-7-9-17(19,10-8-14)12-15-5-6-16(18)11-13(15)2/h5-6,11,14H,3-4,7-10,12,19H2,1-2H3. The first-order valence-electron chi connectivity index (χ1n) is 7.56. The second kappa shape index (κ2) is 6.04. The number of hydrogen-bond donors (Lipinski definition) is 1. The summed E-state index contributed by atoms with van der Waals surface area (Å²) in [6, 6.07) is 5.06. The summed E-state index contributed by atoms with van der Waals surface area (Å²) in [5.74, 6) is 0.718. The summed E-state index contributed by atoms with van der Waals surface area (Å²) in [6.07, 6.45) is 8.22. The van der Waals surface area contributed by atoms with Crippen LogP contribution < -0.4 is 5.73 Å². The van der Waals surface area contributed by atoms with Crippen molar-refractivity contribution in [1.82, 2.24) is 0 Å². The minimum Gasteiger partial charge on any atom is -0.325 e. The molecule has 0 amide bonds. The van der Waals surface area contributed by atoms with Gasteiger partial charge in [0.05, 0.1) is 0 Å². The highest BCUT2D eigenvalue weighted by atomic mass is 19.1. The largest absolute Gasteiger partial charge is 0.325 e. The molecule has 19 heavy (non-hydrogen) atoms. The lowest BCUT2D eigenvalue weighted by Gasteiger charge is -2.37. The minimum atomic E-state index is -0.154. The van der Waals surface area contributed by atoms with E-state index in [1.165, 1.54) is 31.2 Å². The highest BCUT2D eigenvalue weighted by Crippen LogP contribution is 2.35. The van der Waals surface area contributed by atoms with Gasteiger partial charge in [0.1, 0.15) is 5.82 Å². The van der Waals surface area contributed by atoms with E-state index >= 15 is 0 Å². The van der Waals surface area contributed by atoms with E-state index in [2.05, 4.69) is 6.92 Å². The van der Waals surface area contributed by atoms with Crippen molar-refractivity contribution in [2.45, 2.75) is 64.3 Å². The maximum Gasteiger partial charge on any atom is 0.123 e. The van der Waals surface area contributed by atoms with Crippen LogP contribution in [0, 0.1) is 18.7 Å². The first-order chi connectivity index (χ1) is 9.02. The smallest absolute Gasteiger partial charge is 0.123 e. The van der Waals surface area contributed by atoms with Crippen LogP contribution in [0.15, 0.2) is 18.2 Å². The van der Waals surface area contributed by atoms with Crippen molar-refractivity contribution >= 4 is 0 Å². The quantitative estimate of drug-likeness (QED) is 0.858. The first kappa shape index (κ1) is 14.5. The Morgan fingerprint density at radius 1 is 1.32 bits per heavy atom. The molecule has 0 radical (unpaired) electrons.